The maximum absolute atomic E-state index is 12.0. The molecule has 0 unspecified atom stereocenters. The number of benzene rings is 1. The highest BCUT2D eigenvalue weighted by atomic mass is 35.5. The third kappa shape index (κ3) is 4.31. The van der Waals surface area contributed by atoms with Gasteiger partial charge in [0, 0.05) is 29.7 Å². The van der Waals surface area contributed by atoms with Crippen LogP contribution in [0.5, 0.6) is 0 Å². The summed E-state index contributed by atoms with van der Waals surface area (Å²) in [6.07, 6.45) is 0.513. The predicted octanol–water partition coefficient (Wildman–Crippen LogP) is 1.70. The van der Waals surface area contributed by atoms with E-state index in [9.17, 15) is 8.42 Å². The van der Waals surface area contributed by atoms with Crippen LogP contribution in [-0.4, -0.2) is 45.6 Å². The summed E-state index contributed by atoms with van der Waals surface area (Å²) in [5.41, 5.74) is 0.862. The molecule has 1 aliphatic heterocycles. The molecule has 1 heterocycles. The molecule has 1 aliphatic rings. The van der Waals surface area contributed by atoms with Crippen LogP contribution in [-0.2, 0) is 21.4 Å². The largest absolute Gasteiger partial charge is 0.379 e. The molecule has 0 radical (unpaired) electrons. The number of hydrogen-bond acceptors (Lipinski definition) is 3. The highest BCUT2D eigenvalue weighted by Crippen LogP contribution is 2.21. The number of halogens is 2. The van der Waals surface area contributed by atoms with Gasteiger partial charge in [0.25, 0.3) is 10.2 Å². The molecule has 112 valence electrons. The lowest BCUT2D eigenvalue weighted by Gasteiger charge is -2.26. The van der Waals surface area contributed by atoms with E-state index in [1.807, 2.05) is 0 Å². The van der Waals surface area contributed by atoms with Crippen LogP contribution in [0.25, 0.3) is 0 Å². The van der Waals surface area contributed by atoms with Crippen LogP contribution in [0, 0.1) is 0 Å². The number of ether oxygens (including phenoxy) is 1. The molecule has 20 heavy (non-hydrogen) atoms. The standard InChI is InChI=1S/C12H16Cl2N2O3S/c13-11-2-1-10(12(14)9-11)3-4-15-20(17,18)16-5-7-19-8-6-16/h1-2,9,15H,3-8H2. The SMILES string of the molecule is O=S(=O)(NCCc1ccc(Cl)cc1Cl)N1CCOCC1. The molecule has 1 N–H and O–H groups in total. The highest BCUT2D eigenvalue weighted by molar-refractivity contribution is 7.87. The lowest BCUT2D eigenvalue weighted by atomic mass is 10.1. The quantitative estimate of drug-likeness (QED) is 0.888. The normalized spacial score (nSPS) is 17.3. The van der Waals surface area contributed by atoms with E-state index in [0.717, 1.165) is 5.56 Å². The van der Waals surface area contributed by atoms with E-state index in [0.29, 0.717) is 49.3 Å². The lowest BCUT2D eigenvalue weighted by Crippen LogP contribution is -2.47. The van der Waals surface area contributed by atoms with E-state index < -0.39 is 10.2 Å². The fourth-order valence-electron chi connectivity index (χ4n) is 1.92. The molecule has 1 fully saturated rings. The lowest BCUT2D eigenvalue weighted by molar-refractivity contribution is 0.0725. The van der Waals surface area contributed by atoms with E-state index in [1.165, 1.54) is 4.31 Å². The summed E-state index contributed by atoms with van der Waals surface area (Å²) in [4.78, 5) is 0. The minimum absolute atomic E-state index is 0.293. The van der Waals surface area contributed by atoms with Crippen molar-refractivity contribution in [2.24, 2.45) is 0 Å². The Hall–Kier alpha value is -0.370. The van der Waals surface area contributed by atoms with Crippen LogP contribution >= 0.6 is 23.2 Å². The molecule has 2 rings (SSSR count). The topological polar surface area (TPSA) is 58.6 Å². The summed E-state index contributed by atoms with van der Waals surface area (Å²) < 4.78 is 33.1. The Balaban J connectivity index is 1.88. The van der Waals surface area contributed by atoms with Crippen LogP contribution in [0.2, 0.25) is 10.0 Å². The summed E-state index contributed by atoms with van der Waals surface area (Å²) in [7, 11) is -3.44. The number of hydrogen-bond donors (Lipinski definition) is 1. The Bertz CT molecular complexity index is 560. The molecule has 0 atom stereocenters. The molecule has 1 aromatic carbocycles. The Labute approximate surface area is 129 Å². The zero-order chi connectivity index (χ0) is 14.6. The second-order valence-electron chi connectivity index (χ2n) is 4.40. The van der Waals surface area contributed by atoms with E-state index in [1.54, 1.807) is 18.2 Å². The average molecular weight is 339 g/mol. The number of rotatable bonds is 5. The van der Waals surface area contributed by atoms with Crippen molar-refractivity contribution in [1.82, 2.24) is 9.03 Å². The van der Waals surface area contributed by atoms with Crippen molar-refractivity contribution in [1.29, 1.82) is 0 Å². The summed E-state index contributed by atoms with van der Waals surface area (Å²) in [6, 6.07) is 5.18. The van der Waals surface area contributed by atoms with Gasteiger partial charge in [-0.2, -0.15) is 12.7 Å². The summed E-state index contributed by atoms with van der Waals surface area (Å²) >= 11 is 11.9. The van der Waals surface area contributed by atoms with Crippen molar-refractivity contribution >= 4 is 33.4 Å². The van der Waals surface area contributed by atoms with Crippen LogP contribution in [0.4, 0.5) is 0 Å². The minimum atomic E-state index is -3.44. The molecule has 0 aromatic heterocycles. The number of nitrogens with zero attached hydrogens (tertiary/aromatic N) is 1. The van der Waals surface area contributed by atoms with Gasteiger partial charge in [-0.05, 0) is 24.1 Å². The molecule has 5 nitrogen and oxygen atoms in total. The third-order valence-corrected chi connectivity index (χ3v) is 5.20. The zero-order valence-electron chi connectivity index (χ0n) is 10.8. The Morgan fingerprint density at radius 2 is 1.95 bits per heavy atom. The van der Waals surface area contributed by atoms with Gasteiger partial charge in [-0.25, -0.2) is 4.72 Å². The van der Waals surface area contributed by atoms with Crippen molar-refractivity contribution in [3.63, 3.8) is 0 Å². The Morgan fingerprint density at radius 1 is 1.25 bits per heavy atom. The minimum Gasteiger partial charge on any atom is -0.379 e. The van der Waals surface area contributed by atoms with Crippen LogP contribution in [0.1, 0.15) is 5.56 Å². The first kappa shape index (κ1) is 16.0. The molecule has 0 aliphatic carbocycles. The molecule has 0 saturated carbocycles. The maximum Gasteiger partial charge on any atom is 0.279 e. The monoisotopic (exact) mass is 338 g/mol. The van der Waals surface area contributed by atoms with E-state index >= 15 is 0 Å². The van der Waals surface area contributed by atoms with Crippen molar-refractivity contribution < 1.29 is 13.2 Å². The van der Waals surface area contributed by atoms with Crippen LogP contribution in [0.3, 0.4) is 0 Å². The van der Waals surface area contributed by atoms with Crippen LogP contribution in [0.15, 0.2) is 18.2 Å². The van der Waals surface area contributed by atoms with E-state index in [2.05, 4.69) is 4.72 Å². The second-order valence-corrected chi connectivity index (χ2v) is 7.00. The van der Waals surface area contributed by atoms with Gasteiger partial charge < -0.3 is 4.74 Å². The molecule has 8 heteroatoms. The molecule has 1 aromatic rings. The van der Waals surface area contributed by atoms with Gasteiger partial charge in [-0.15, -0.1) is 0 Å². The Kier molecular flexibility index (Phi) is 5.65. The van der Waals surface area contributed by atoms with Crippen molar-refractivity contribution in [3.05, 3.63) is 33.8 Å². The molecular formula is C12H16Cl2N2O3S. The average Bonchev–Trinajstić information content (AvgIpc) is 2.42. The number of morpholine rings is 1. The van der Waals surface area contributed by atoms with Crippen LogP contribution < -0.4 is 4.72 Å². The first-order chi connectivity index (χ1) is 9.49. The van der Waals surface area contributed by atoms with Gasteiger partial charge in [0.2, 0.25) is 0 Å². The fourth-order valence-corrected chi connectivity index (χ4v) is 3.59. The first-order valence-corrected chi connectivity index (χ1v) is 8.45. The molecular weight excluding hydrogens is 323 g/mol. The van der Waals surface area contributed by atoms with Gasteiger partial charge >= 0.3 is 0 Å². The van der Waals surface area contributed by atoms with E-state index in [4.69, 9.17) is 27.9 Å². The molecule has 0 amide bonds. The van der Waals surface area contributed by atoms with Crippen molar-refractivity contribution in [2.75, 3.05) is 32.8 Å². The summed E-state index contributed by atoms with van der Waals surface area (Å²) in [5.74, 6) is 0. The summed E-state index contributed by atoms with van der Waals surface area (Å²) in [6.45, 7) is 1.93. The zero-order valence-corrected chi connectivity index (χ0v) is 13.1. The highest BCUT2D eigenvalue weighted by Gasteiger charge is 2.23. The van der Waals surface area contributed by atoms with E-state index in [-0.39, 0.29) is 0 Å². The van der Waals surface area contributed by atoms with Gasteiger partial charge in [-0.1, -0.05) is 29.3 Å². The van der Waals surface area contributed by atoms with Gasteiger partial charge in [0.1, 0.15) is 0 Å². The van der Waals surface area contributed by atoms with Crippen molar-refractivity contribution in [3.8, 4) is 0 Å². The first-order valence-electron chi connectivity index (χ1n) is 6.25. The van der Waals surface area contributed by atoms with Gasteiger partial charge in [0.15, 0.2) is 0 Å². The Morgan fingerprint density at radius 3 is 2.60 bits per heavy atom. The molecule has 1 saturated heterocycles. The predicted molar refractivity (Wildman–Crippen MR) is 79.5 cm³/mol. The van der Waals surface area contributed by atoms with Gasteiger partial charge in [0.05, 0.1) is 13.2 Å². The number of nitrogens with one attached hydrogen (secondary N) is 1. The fraction of sp³-hybridized carbons (Fsp3) is 0.500. The van der Waals surface area contributed by atoms with Gasteiger partial charge in [-0.3, -0.25) is 0 Å². The maximum atomic E-state index is 12.0. The third-order valence-electron chi connectivity index (χ3n) is 3.00. The smallest absolute Gasteiger partial charge is 0.279 e. The molecule has 0 spiro atoms. The summed E-state index contributed by atoms with van der Waals surface area (Å²) in [5, 5.41) is 1.11. The molecule has 0 bridgehead atoms. The van der Waals surface area contributed by atoms with Crippen molar-refractivity contribution in [2.45, 2.75) is 6.42 Å². The second kappa shape index (κ2) is 7.06.